The van der Waals surface area contributed by atoms with Crippen molar-refractivity contribution in [2.75, 3.05) is 17.1 Å². The summed E-state index contributed by atoms with van der Waals surface area (Å²) in [5, 5.41) is 3.15. The second kappa shape index (κ2) is 8.23. The summed E-state index contributed by atoms with van der Waals surface area (Å²) in [7, 11) is -2.28. The number of ether oxygens (including phenoxy) is 1. The highest BCUT2D eigenvalue weighted by molar-refractivity contribution is 7.92. The molecule has 0 fully saturated rings. The second-order valence-corrected chi connectivity index (χ2v) is 8.80. The van der Waals surface area contributed by atoms with Crippen LogP contribution >= 0.6 is 0 Å². The molecule has 0 radical (unpaired) electrons. The molecule has 0 aliphatic heterocycles. The zero-order chi connectivity index (χ0) is 22.0. The van der Waals surface area contributed by atoms with E-state index in [1.54, 1.807) is 37.4 Å². The minimum absolute atomic E-state index is 0.111. The number of rotatable bonds is 6. The third-order valence-electron chi connectivity index (χ3n) is 4.92. The Morgan fingerprint density at radius 2 is 1.52 bits per heavy atom. The van der Waals surface area contributed by atoms with Gasteiger partial charge in [0.05, 0.1) is 23.0 Å². The molecule has 1 heterocycles. The van der Waals surface area contributed by atoms with Crippen molar-refractivity contribution >= 4 is 38.4 Å². The lowest BCUT2D eigenvalue weighted by Gasteiger charge is -2.15. The first-order chi connectivity index (χ1) is 14.9. The highest BCUT2D eigenvalue weighted by atomic mass is 32.2. The van der Waals surface area contributed by atoms with Crippen LogP contribution in [0.5, 0.6) is 5.75 Å². The van der Waals surface area contributed by atoms with Gasteiger partial charge in [-0.05, 0) is 61.4 Å². The molecule has 0 unspecified atom stereocenters. The topological polar surface area (TPSA) is 93.2 Å². The highest BCUT2D eigenvalue weighted by Crippen LogP contribution is 2.28. The molecule has 4 rings (SSSR count). The van der Waals surface area contributed by atoms with Crippen LogP contribution in [0.2, 0.25) is 0 Å². The third-order valence-corrected chi connectivity index (χ3v) is 6.26. The van der Waals surface area contributed by atoms with E-state index < -0.39 is 10.0 Å². The van der Waals surface area contributed by atoms with Crippen molar-refractivity contribution in [3.05, 3.63) is 77.9 Å². The number of nitrogens with zero attached hydrogens (tertiary/aromatic N) is 2. The fourth-order valence-corrected chi connectivity index (χ4v) is 4.16. The van der Waals surface area contributed by atoms with E-state index in [4.69, 9.17) is 4.74 Å². The predicted molar refractivity (Wildman–Crippen MR) is 123 cm³/mol. The molecule has 0 saturated carbocycles. The van der Waals surface area contributed by atoms with Gasteiger partial charge in [-0.3, -0.25) is 4.72 Å². The van der Waals surface area contributed by atoms with E-state index in [1.165, 1.54) is 0 Å². The third kappa shape index (κ3) is 4.44. The summed E-state index contributed by atoms with van der Waals surface area (Å²) in [6, 6.07) is 19.6. The van der Waals surface area contributed by atoms with Crippen LogP contribution in [0.25, 0.3) is 11.0 Å². The molecule has 3 aromatic carbocycles. The smallest absolute Gasteiger partial charge is 0.263 e. The molecule has 0 spiro atoms. The number of hydrogen-bond donors (Lipinski definition) is 2. The largest absolute Gasteiger partial charge is 0.497 e. The second-order valence-electron chi connectivity index (χ2n) is 7.12. The minimum Gasteiger partial charge on any atom is -0.497 e. The number of methoxy groups -OCH3 is 1. The average Bonchev–Trinajstić information content (AvgIpc) is 2.76. The van der Waals surface area contributed by atoms with Crippen LogP contribution in [0.15, 0.2) is 71.6 Å². The van der Waals surface area contributed by atoms with Crippen LogP contribution in [-0.4, -0.2) is 25.5 Å². The van der Waals surface area contributed by atoms with Crippen molar-refractivity contribution < 1.29 is 13.2 Å². The van der Waals surface area contributed by atoms with Crippen LogP contribution in [0.3, 0.4) is 0 Å². The van der Waals surface area contributed by atoms with E-state index in [0.717, 1.165) is 11.1 Å². The molecule has 0 saturated heterocycles. The van der Waals surface area contributed by atoms with Gasteiger partial charge in [0.2, 0.25) is 0 Å². The van der Waals surface area contributed by atoms with Gasteiger partial charge in [0.15, 0.2) is 11.6 Å². The Balaban J connectivity index is 1.77. The minimum atomic E-state index is -3.87. The van der Waals surface area contributed by atoms with Crippen LogP contribution in [0.4, 0.5) is 17.3 Å². The molecule has 0 aliphatic carbocycles. The van der Waals surface area contributed by atoms with Crippen molar-refractivity contribution in [2.24, 2.45) is 0 Å². The van der Waals surface area contributed by atoms with E-state index in [9.17, 15) is 8.42 Å². The number of fused-ring (bicyclic) bond motifs is 1. The van der Waals surface area contributed by atoms with Gasteiger partial charge in [-0.25, -0.2) is 18.4 Å². The van der Waals surface area contributed by atoms with Crippen molar-refractivity contribution in [2.45, 2.75) is 18.7 Å². The summed E-state index contributed by atoms with van der Waals surface area (Å²) < 4.78 is 34.0. The Bertz CT molecular complexity index is 1370. The maximum atomic E-state index is 13.1. The Morgan fingerprint density at radius 1 is 0.806 bits per heavy atom. The lowest BCUT2D eigenvalue weighted by Crippen LogP contribution is -2.16. The Labute approximate surface area is 181 Å². The summed E-state index contributed by atoms with van der Waals surface area (Å²) >= 11 is 0. The molecular formula is C23H22N4O3S. The van der Waals surface area contributed by atoms with Gasteiger partial charge in [-0.1, -0.05) is 24.3 Å². The Hall–Kier alpha value is -3.65. The quantitative estimate of drug-likeness (QED) is 0.453. The molecule has 4 aromatic rings. The first-order valence-corrected chi connectivity index (χ1v) is 11.1. The number of nitrogens with one attached hydrogen (secondary N) is 2. The van der Waals surface area contributed by atoms with E-state index in [0.29, 0.717) is 28.3 Å². The number of para-hydroxylation sites is 2. The molecule has 158 valence electrons. The molecular weight excluding hydrogens is 412 g/mol. The van der Waals surface area contributed by atoms with Crippen LogP contribution in [-0.2, 0) is 10.0 Å². The molecule has 0 atom stereocenters. The summed E-state index contributed by atoms with van der Waals surface area (Å²) in [6.07, 6.45) is 0. The molecule has 8 heteroatoms. The number of aromatic nitrogens is 2. The number of aryl methyl sites for hydroxylation is 2. The average molecular weight is 435 g/mol. The summed E-state index contributed by atoms with van der Waals surface area (Å²) in [5.41, 5.74) is 3.82. The molecule has 0 bridgehead atoms. The molecule has 31 heavy (non-hydrogen) atoms. The fraction of sp³-hybridized carbons (Fsp3) is 0.130. The maximum Gasteiger partial charge on any atom is 0.263 e. The number of hydrogen-bond acceptors (Lipinski definition) is 6. The zero-order valence-electron chi connectivity index (χ0n) is 17.4. The molecule has 2 N–H and O–H groups in total. The zero-order valence-corrected chi connectivity index (χ0v) is 18.2. The van der Waals surface area contributed by atoms with Gasteiger partial charge in [-0.2, -0.15) is 0 Å². The first-order valence-electron chi connectivity index (χ1n) is 9.64. The number of benzene rings is 3. The predicted octanol–water partition coefficient (Wildman–Crippen LogP) is 4.80. The fourth-order valence-electron chi connectivity index (χ4n) is 3.06. The molecule has 7 nitrogen and oxygen atoms in total. The van der Waals surface area contributed by atoms with Crippen molar-refractivity contribution in [3.63, 3.8) is 0 Å². The van der Waals surface area contributed by atoms with Gasteiger partial charge >= 0.3 is 0 Å². The van der Waals surface area contributed by atoms with Crippen LogP contribution in [0, 0.1) is 13.8 Å². The van der Waals surface area contributed by atoms with Gasteiger partial charge in [0, 0.05) is 11.8 Å². The van der Waals surface area contributed by atoms with Crippen molar-refractivity contribution in [1.82, 2.24) is 9.97 Å². The Kier molecular flexibility index (Phi) is 5.48. The van der Waals surface area contributed by atoms with Gasteiger partial charge in [-0.15, -0.1) is 0 Å². The summed E-state index contributed by atoms with van der Waals surface area (Å²) in [4.78, 5) is 9.28. The maximum absolute atomic E-state index is 13.1. The SMILES string of the molecule is COc1cccc(Nc2nc3ccccc3nc2NS(=O)(=O)c2ccc(C)c(C)c2)c1. The lowest BCUT2D eigenvalue weighted by atomic mass is 10.1. The van der Waals surface area contributed by atoms with Gasteiger partial charge in [0.25, 0.3) is 10.0 Å². The highest BCUT2D eigenvalue weighted by Gasteiger charge is 2.19. The normalized spacial score (nSPS) is 11.3. The van der Waals surface area contributed by atoms with Gasteiger partial charge < -0.3 is 10.1 Å². The van der Waals surface area contributed by atoms with Crippen LogP contribution < -0.4 is 14.8 Å². The molecule has 0 amide bonds. The Morgan fingerprint density at radius 3 is 2.19 bits per heavy atom. The first kappa shape index (κ1) is 20.6. The monoisotopic (exact) mass is 434 g/mol. The van der Waals surface area contributed by atoms with Crippen LogP contribution in [0.1, 0.15) is 11.1 Å². The number of sulfonamides is 1. The van der Waals surface area contributed by atoms with Crippen molar-refractivity contribution in [1.29, 1.82) is 0 Å². The van der Waals surface area contributed by atoms with E-state index in [1.807, 2.05) is 50.2 Å². The van der Waals surface area contributed by atoms with Crippen molar-refractivity contribution in [3.8, 4) is 5.75 Å². The molecule has 0 aliphatic rings. The van der Waals surface area contributed by atoms with E-state index in [-0.39, 0.29) is 10.7 Å². The standard InChI is InChI=1S/C23H22N4O3S/c1-15-11-12-19(13-16(15)2)31(28,29)27-23-22(24-17-7-6-8-18(14-17)30-3)25-20-9-4-5-10-21(20)26-23/h4-14H,1-3H3,(H,24,25)(H,26,27). The number of anilines is 3. The van der Waals surface area contributed by atoms with E-state index >= 15 is 0 Å². The summed E-state index contributed by atoms with van der Waals surface area (Å²) in [5.74, 6) is 1.06. The van der Waals surface area contributed by atoms with E-state index in [2.05, 4.69) is 20.0 Å². The summed E-state index contributed by atoms with van der Waals surface area (Å²) in [6.45, 7) is 3.81. The lowest BCUT2D eigenvalue weighted by molar-refractivity contribution is 0.415. The van der Waals surface area contributed by atoms with Gasteiger partial charge in [0.1, 0.15) is 5.75 Å². The molecule has 1 aromatic heterocycles.